The lowest BCUT2D eigenvalue weighted by atomic mass is 10.1. The average Bonchev–Trinajstić information content (AvgIpc) is 3.52. The Labute approximate surface area is 215 Å². The predicted molar refractivity (Wildman–Crippen MR) is 135 cm³/mol. The van der Waals surface area contributed by atoms with Gasteiger partial charge in [0, 0.05) is 37.2 Å². The van der Waals surface area contributed by atoms with E-state index in [1.165, 1.54) is 0 Å². The Morgan fingerprint density at radius 3 is 2.34 bits per heavy atom. The van der Waals surface area contributed by atoms with Crippen LogP contribution in [0.5, 0.6) is 0 Å². The molecule has 4 aromatic rings. The van der Waals surface area contributed by atoms with Crippen LogP contribution in [0.25, 0.3) is 22.2 Å². The number of hydrogen-bond donors (Lipinski definition) is 4. The first-order valence-corrected chi connectivity index (χ1v) is 11.6. The number of H-pyrrole nitrogens is 1. The number of hydrogen-bond acceptors (Lipinski definition) is 5. The average molecular weight is 530 g/mol. The SMILES string of the molecule is CC(=O)n1cc(CNCCCNC(=O)c2cc(-c3ccccc3)n[nH]2)c2ccccc21.O=C(O)C(F)(F)F. The smallest absolute Gasteiger partial charge is 0.475 e. The number of fused-ring (bicyclic) bond motifs is 1. The van der Waals surface area contributed by atoms with Crippen LogP contribution in [0.3, 0.4) is 0 Å². The van der Waals surface area contributed by atoms with E-state index in [-0.39, 0.29) is 11.8 Å². The zero-order chi connectivity index (χ0) is 27.7. The topological polar surface area (TPSA) is 129 Å². The Kier molecular flexibility index (Phi) is 9.39. The zero-order valence-electron chi connectivity index (χ0n) is 20.4. The molecule has 0 saturated heterocycles. The first kappa shape index (κ1) is 28.1. The summed E-state index contributed by atoms with van der Waals surface area (Å²) in [4.78, 5) is 33.1. The molecule has 0 spiro atoms. The maximum atomic E-state index is 12.3. The minimum absolute atomic E-state index is 0.000564. The third kappa shape index (κ3) is 7.53. The van der Waals surface area contributed by atoms with E-state index in [1.54, 1.807) is 17.6 Å². The number of carboxylic acid groups (broad SMARTS) is 1. The van der Waals surface area contributed by atoms with Crippen LogP contribution >= 0.6 is 0 Å². The Morgan fingerprint density at radius 2 is 1.68 bits per heavy atom. The molecule has 2 aromatic carbocycles. The molecular formula is C26H26F3N5O4. The number of para-hydroxylation sites is 1. The van der Waals surface area contributed by atoms with Crippen molar-refractivity contribution in [3.05, 3.63) is 78.1 Å². The molecule has 0 aliphatic rings. The number of rotatable bonds is 8. The quantitative estimate of drug-likeness (QED) is 0.253. The van der Waals surface area contributed by atoms with Crippen LogP contribution in [0.4, 0.5) is 13.2 Å². The monoisotopic (exact) mass is 529 g/mol. The number of nitrogens with one attached hydrogen (secondary N) is 3. The van der Waals surface area contributed by atoms with Crippen molar-refractivity contribution in [3.8, 4) is 11.3 Å². The summed E-state index contributed by atoms with van der Waals surface area (Å²) in [7, 11) is 0. The molecule has 200 valence electrons. The van der Waals surface area contributed by atoms with E-state index < -0.39 is 12.1 Å². The Bertz CT molecular complexity index is 1400. The third-order valence-corrected chi connectivity index (χ3v) is 5.40. The number of aromatic amines is 1. The number of benzene rings is 2. The first-order chi connectivity index (χ1) is 18.1. The molecule has 0 bridgehead atoms. The van der Waals surface area contributed by atoms with Crippen LogP contribution in [0.15, 0.2) is 66.9 Å². The van der Waals surface area contributed by atoms with Gasteiger partial charge in [-0.1, -0.05) is 48.5 Å². The van der Waals surface area contributed by atoms with Crippen LogP contribution < -0.4 is 10.6 Å². The van der Waals surface area contributed by atoms with E-state index >= 15 is 0 Å². The van der Waals surface area contributed by atoms with E-state index in [9.17, 15) is 22.8 Å². The number of amides is 1. The molecule has 0 fully saturated rings. The highest BCUT2D eigenvalue weighted by Crippen LogP contribution is 2.21. The minimum Gasteiger partial charge on any atom is -0.475 e. The van der Waals surface area contributed by atoms with Gasteiger partial charge < -0.3 is 15.7 Å². The van der Waals surface area contributed by atoms with E-state index in [0.717, 1.165) is 40.7 Å². The first-order valence-electron chi connectivity index (χ1n) is 11.6. The zero-order valence-corrected chi connectivity index (χ0v) is 20.4. The summed E-state index contributed by atoms with van der Waals surface area (Å²) < 4.78 is 33.4. The van der Waals surface area contributed by atoms with Crippen molar-refractivity contribution in [2.45, 2.75) is 26.1 Å². The van der Waals surface area contributed by atoms with Gasteiger partial charge in [-0.05, 0) is 30.7 Å². The number of carbonyl (C=O) groups excluding carboxylic acids is 2. The summed E-state index contributed by atoms with van der Waals surface area (Å²) >= 11 is 0. The number of alkyl halides is 3. The predicted octanol–water partition coefficient (Wildman–Crippen LogP) is 4.23. The Balaban J connectivity index is 0.000000505. The third-order valence-electron chi connectivity index (χ3n) is 5.40. The molecule has 2 heterocycles. The molecular weight excluding hydrogens is 503 g/mol. The molecule has 0 aliphatic carbocycles. The molecule has 38 heavy (non-hydrogen) atoms. The highest BCUT2D eigenvalue weighted by molar-refractivity contribution is 5.94. The fourth-order valence-electron chi connectivity index (χ4n) is 3.58. The summed E-state index contributed by atoms with van der Waals surface area (Å²) in [6.07, 6.45) is -2.40. The second-order valence-electron chi connectivity index (χ2n) is 8.18. The number of halogens is 3. The highest BCUT2D eigenvalue weighted by Gasteiger charge is 2.38. The van der Waals surface area contributed by atoms with Crippen LogP contribution in [0.2, 0.25) is 0 Å². The summed E-state index contributed by atoms with van der Waals surface area (Å²) in [5.74, 6) is -2.92. The second-order valence-corrected chi connectivity index (χ2v) is 8.18. The maximum absolute atomic E-state index is 12.3. The molecule has 0 radical (unpaired) electrons. The van der Waals surface area contributed by atoms with Crippen molar-refractivity contribution in [1.82, 2.24) is 25.4 Å². The lowest BCUT2D eigenvalue weighted by Gasteiger charge is -2.05. The number of carboxylic acids is 1. The van der Waals surface area contributed by atoms with Gasteiger partial charge in [-0.15, -0.1) is 0 Å². The Morgan fingerprint density at radius 1 is 1.03 bits per heavy atom. The van der Waals surface area contributed by atoms with Crippen molar-refractivity contribution in [3.63, 3.8) is 0 Å². The van der Waals surface area contributed by atoms with Gasteiger partial charge in [0.2, 0.25) is 5.91 Å². The van der Waals surface area contributed by atoms with Crippen molar-refractivity contribution in [1.29, 1.82) is 0 Å². The molecule has 0 saturated carbocycles. The van der Waals surface area contributed by atoms with Crippen LogP contribution in [0.1, 0.15) is 34.2 Å². The van der Waals surface area contributed by atoms with Gasteiger partial charge >= 0.3 is 12.1 Å². The van der Waals surface area contributed by atoms with Crippen LogP contribution in [0, 0.1) is 0 Å². The lowest BCUT2D eigenvalue weighted by Crippen LogP contribution is -2.27. The Hall–Kier alpha value is -4.45. The van der Waals surface area contributed by atoms with Crippen LogP contribution in [-0.4, -0.2) is 56.9 Å². The fraction of sp³-hybridized carbons (Fsp3) is 0.231. The largest absolute Gasteiger partial charge is 0.490 e. The molecule has 4 rings (SSSR count). The van der Waals surface area contributed by atoms with Gasteiger partial charge in [0.1, 0.15) is 5.69 Å². The molecule has 0 unspecified atom stereocenters. The van der Waals surface area contributed by atoms with Crippen molar-refractivity contribution in [2.24, 2.45) is 0 Å². The van der Waals surface area contributed by atoms with Gasteiger partial charge in [-0.3, -0.25) is 19.3 Å². The fourth-order valence-corrected chi connectivity index (χ4v) is 3.58. The summed E-state index contributed by atoms with van der Waals surface area (Å²) in [5, 5.41) is 21.5. The molecule has 0 aliphatic heterocycles. The number of aliphatic carboxylic acids is 1. The van der Waals surface area contributed by atoms with Crippen LogP contribution in [-0.2, 0) is 11.3 Å². The molecule has 0 atom stereocenters. The van der Waals surface area contributed by atoms with E-state index in [1.807, 2.05) is 60.8 Å². The second kappa shape index (κ2) is 12.7. The van der Waals surface area contributed by atoms with Crippen molar-refractivity contribution in [2.75, 3.05) is 13.1 Å². The molecule has 2 aromatic heterocycles. The normalized spacial score (nSPS) is 11.1. The lowest BCUT2D eigenvalue weighted by molar-refractivity contribution is -0.192. The van der Waals surface area contributed by atoms with Gasteiger partial charge in [-0.2, -0.15) is 18.3 Å². The summed E-state index contributed by atoms with van der Waals surface area (Å²) in [6, 6.07) is 19.4. The van der Waals surface area contributed by atoms with Gasteiger partial charge in [-0.25, -0.2) is 4.79 Å². The van der Waals surface area contributed by atoms with Crippen molar-refractivity contribution < 1.29 is 32.7 Å². The van der Waals surface area contributed by atoms with E-state index in [4.69, 9.17) is 9.90 Å². The highest BCUT2D eigenvalue weighted by atomic mass is 19.4. The van der Waals surface area contributed by atoms with Gasteiger partial charge in [0.15, 0.2) is 0 Å². The summed E-state index contributed by atoms with van der Waals surface area (Å²) in [5.41, 5.74) is 4.17. The van der Waals surface area contributed by atoms with Gasteiger partial charge in [0.05, 0.1) is 11.2 Å². The maximum Gasteiger partial charge on any atom is 0.490 e. The number of aromatic nitrogens is 3. The summed E-state index contributed by atoms with van der Waals surface area (Å²) in [6.45, 7) is 3.53. The molecule has 12 heteroatoms. The molecule has 9 nitrogen and oxygen atoms in total. The standard InChI is InChI=1S/C24H25N5O2.C2HF3O2/c1-17(30)29-16-19(20-10-5-6-11-23(20)29)15-25-12-7-13-26-24(31)22-14-21(27-28-22)18-8-3-2-4-9-18;3-2(4,5)1(6)7/h2-6,8-11,14,16,25H,7,12-13,15H2,1H3,(H,26,31)(H,27,28);(H,6,7). The minimum atomic E-state index is -5.08. The van der Waals surface area contributed by atoms with E-state index in [0.29, 0.717) is 18.8 Å². The molecule has 1 amide bonds. The number of nitrogens with zero attached hydrogens (tertiary/aromatic N) is 2. The van der Waals surface area contributed by atoms with Crippen molar-refractivity contribution >= 4 is 28.7 Å². The number of carbonyl (C=O) groups is 3. The molecule has 4 N–H and O–H groups in total. The van der Waals surface area contributed by atoms with Gasteiger partial charge in [0.25, 0.3) is 5.91 Å². The van der Waals surface area contributed by atoms with E-state index in [2.05, 4.69) is 20.8 Å².